The van der Waals surface area contributed by atoms with E-state index in [0.717, 1.165) is 5.56 Å². The van der Waals surface area contributed by atoms with Crippen molar-refractivity contribution in [1.82, 2.24) is 5.32 Å². The Kier molecular flexibility index (Phi) is 3.97. The standard InChI is InChI=1S/C17H16FNO2/c18-15-8-4-3-7-14(15)11-21-17(20)16-9-12-5-1-2-6-13(12)10-19-16/h1-8,16,19H,9-11H2. The Morgan fingerprint density at radius 2 is 1.86 bits per heavy atom. The Morgan fingerprint density at radius 3 is 2.67 bits per heavy atom. The number of hydrogen-bond acceptors (Lipinski definition) is 3. The lowest BCUT2D eigenvalue weighted by Crippen LogP contribution is -2.42. The second-order valence-corrected chi connectivity index (χ2v) is 5.11. The second-order valence-electron chi connectivity index (χ2n) is 5.11. The highest BCUT2D eigenvalue weighted by Gasteiger charge is 2.25. The van der Waals surface area contributed by atoms with Gasteiger partial charge in [-0.1, -0.05) is 42.5 Å². The molecular formula is C17H16FNO2. The number of esters is 1. The van der Waals surface area contributed by atoms with Crippen LogP contribution in [-0.4, -0.2) is 12.0 Å². The van der Waals surface area contributed by atoms with E-state index in [1.54, 1.807) is 18.2 Å². The zero-order chi connectivity index (χ0) is 14.7. The lowest BCUT2D eigenvalue weighted by atomic mass is 9.96. The lowest BCUT2D eigenvalue weighted by molar-refractivity contribution is -0.147. The number of rotatable bonds is 3. The monoisotopic (exact) mass is 285 g/mol. The van der Waals surface area contributed by atoms with Gasteiger partial charge in [0, 0.05) is 12.1 Å². The highest BCUT2D eigenvalue weighted by Crippen LogP contribution is 2.17. The normalized spacial score (nSPS) is 17.1. The number of fused-ring (bicyclic) bond motifs is 1. The van der Waals surface area contributed by atoms with Crippen LogP contribution in [0.5, 0.6) is 0 Å². The number of ether oxygens (including phenoxy) is 1. The van der Waals surface area contributed by atoms with Gasteiger partial charge < -0.3 is 10.1 Å². The topological polar surface area (TPSA) is 38.3 Å². The van der Waals surface area contributed by atoms with Gasteiger partial charge in [-0.15, -0.1) is 0 Å². The van der Waals surface area contributed by atoms with Crippen molar-refractivity contribution in [3.8, 4) is 0 Å². The van der Waals surface area contributed by atoms with E-state index in [1.165, 1.54) is 11.6 Å². The molecule has 3 rings (SSSR count). The molecule has 0 aromatic heterocycles. The molecule has 1 aliphatic heterocycles. The van der Waals surface area contributed by atoms with E-state index in [4.69, 9.17) is 4.74 Å². The average molecular weight is 285 g/mol. The van der Waals surface area contributed by atoms with Crippen LogP contribution in [-0.2, 0) is 29.1 Å². The number of halogens is 1. The van der Waals surface area contributed by atoms with E-state index in [2.05, 4.69) is 5.32 Å². The molecule has 2 aromatic rings. The van der Waals surface area contributed by atoms with Crippen molar-refractivity contribution in [3.63, 3.8) is 0 Å². The second kappa shape index (κ2) is 6.06. The van der Waals surface area contributed by atoms with Crippen molar-refractivity contribution in [3.05, 3.63) is 71.0 Å². The van der Waals surface area contributed by atoms with Crippen molar-refractivity contribution in [2.24, 2.45) is 0 Å². The minimum absolute atomic E-state index is 0.0364. The molecule has 0 radical (unpaired) electrons. The molecule has 1 atom stereocenters. The molecule has 1 heterocycles. The molecule has 108 valence electrons. The maximum atomic E-state index is 13.5. The number of benzene rings is 2. The van der Waals surface area contributed by atoms with Gasteiger partial charge in [0.15, 0.2) is 0 Å². The van der Waals surface area contributed by atoms with Crippen molar-refractivity contribution in [1.29, 1.82) is 0 Å². The van der Waals surface area contributed by atoms with Crippen LogP contribution in [0.15, 0.2) is 48.5 Å². The molecule has 0 saturated heterocycles. The molecule has 0 fully saturated rings. The Bertz CT molecular complexity index is 657. The maximum Gasteiger partial charge on any atom is 0.323 e. The first-order valence-corrected chi connectivity index (χ1v) is 6.94. The highest BCUT2D eigenvalue weighted by molar-refractivity contribution is 5.76. The maximum absolute atomic E-state index is 13.5. The van der Waals surface area contributed by atoms with Gasteiger partial charge in [-0.3, -0.25) is 4.79 Å². The molecule has 0 saturated carbocycles. The summed E-state index contributed by atoms with van der Waals surface area (Å²) in [6.45, 7) is 0.612. The molecule has 1 aliphatic rings. The first-order chi connectivity index (χ1) is 10.2. The van der Waals surface area contributed by atoms with Crippen LogP contribution >= 0.6 is 0 Å². The van der Waals surface area contributed by atoms with E-state index in [-0.39, 0.29) is 24.4 Å². The van der Waals surface area contributed by atoms with Crippen molar-refractivity contribution < 1.29 is 13.9 Å². The van der Waals surface area contributed by atoms with E-state index in [9.17, 15) is 9.18 Å². The summed E-state index contributed by atoms with van der Waals surface area (Å²) in [5.74, 6) is -0.694. The molecule has 0 amide bonds. The number of hydrogen-bond donors (Lipinski definition) is 1. The number of carbonyl (C=O) groups excluding carboxylic acids is 1. The predicted octanol–water partition coefficient (Wildman–Crippen LogP) is 2.58. The van der Waals surface area contributed by atoms with Crippen LogP contribution in [0.25, 0.3) is 0 Å². The van der Waals surface area contributed by atoms with Gasteiger partial charge in [-0.05, 0) is 23.6 Å². The lowest BCUT2D eigenvalue weighted by Gasteiger charge is -2.24. The predicted molar refractivity (Wildman–Crippen MR) is 77.0 cm³/mol. The molecule has 21 heavy (non-hydrogen) atoms. The van der Waals surface area contributed by atoms with E-state index >= 15 is 0 Å². The van der Waals surface area contributed by atoms with Gasteiger partial charge in [0.25, 0.3) is 0 Å². The SMILES string of the molecule is O=C(OCc1ccccc1F)C1Cc2ccccc2CN1. The van der Waals surface area contributed by atoms with E-state index in [1.807, 2.05) is 24.3 Å². The fourth-order valence-electron chi connectivity index (χ4n) is 2.49. The number of nitrogens with one attached hydrogen (secondary N) is 1. The summed E-state index contributed by atoms with van der Waals surface area (Å²) in [5, 5.41) is 3.16. The van der Waals surface area contributed by atoms with Crippen LogP contribution in [0.4, 0.5) is 4.39 Å². The van der Waals surface area contributed by atoms with E-state index in [0.29, 0.717) is 18.5 Å². The van der Waals surface area contributed by atoms with Gasteiger partial charge in [0.05, 0.1) is 0 Å². The summed E-state index contributed by atoms with van der Waals surface area (Å²) in [6, 6.07) is 14.0. The molecule has 4 heteroatoms. The van der Waals surface area contributed by atoms with Crippen LogP contribution in [0.1, 0.15) is 16.7 Å². The van der Waals surface area contributed by atoms with Crippen LogP contribution in [0, 0.1) is 5.82 Å². The van der Waals surface area contributed by atoms with Crippen LogP contribution < -0.4 is 5.32 Å². The fraction of sp³-hybridized carbons (Fsp3) is 0.235. The summed E-state index contributed by atoms with van der Waals surface area (Å²) in [4.78, 5) is 12.1. The summed E-state index contributed by atoms with van der Waals surface area (Å²) < 4.78 is 18.7. The average Bonchev–Trinajstić information content (AvgIpc) is 2.53. The van der Waals surface area contributed by atoms with Gasteiger partial charge in [0.1, 0.15) is 18.5 Å². The minimum atomic E-state index is -0.369. The number of carbonyl (C=O) groups is 1. The third-order valence-corrected chi connectivity index (χ3v) is 3.69. The molecular weight excluding hydrogens is 269 g/mol. The first-order valence-electron chi connectivity index (χ1n) is 6.94. The van der Waals surface area contributed by atoms with Gasteiger partial charge in [-0.2, -0.15) is 0 Å². The Labute approximate surface area is 122 Å². The van der Waals surface area contributed by atoms with Crippen LogP contribution in [0.2, 0.25) is 0 Å². The zero-order valence-electron chi connectivity index (χ0n) is 11.5. The third-order valence-electron chi connectivity index (χ3n) is 3.69. The van der Waals surface area contributed by atoms with Crippen molar-refractivity contribution in [2.45, 2.75) is 25.6 Å². The first kappa shape index (κ1) is 13.8. The molecule has 0 aliphatic carbocycles. The summed E-state index contributed by atoms with van der Waals surface area (Å²) in [6.07, 6.45) is 0.603. The minimum Gasteiger partial charge on any atom is -0.460 e. The Morgan fingerprint density at radius 1 is 1.14 bits per heavy atom. The van der Waals surface area contributed by atoms with Gasteiger partial charge in [0.2, 0.25) is 0 Å². The largest absolute Gasteiger partial charge is 0.460 e. The summed E-state index contributed by atoms with van der Waals surface area (Å²) in [5.41, 5.74) is 2.75. The molecule has 1 unspecified atom stereocenters. The molecule has 0 spiro atoms. The quantitative estimate of drug-likeness (QED) is 0.881. The molecule has 0 bridgehead atoms. The highest BCUT2D eigenvalue weighted by atomic mass is 19.1. The molecule has 3 nitrogen and oxygen atoms in total. The van der Waals surface area contributed by atoms with Crippen LogP contribution in [0.3, 0.4) is 0 Å². The van der Waals surface area contributed by atoms with Gasteiger partial charge in [-0.25, -0.2) is 4.39 Å². The summed E-state index contributed by atoms with van der Waals surface area (Å²) >= 11 is 0. The molecule has 1 N–H and O–H groups in total. The molecule has 2 aromatic carbocycles. The van der Waals surface area contributed by atoms with E-state index < -0.39 is 0 Å². The fourth-order valence-corrected chi connectivity index (χ4v) is 2.49. The smallest absolute Gasteiger partial charge is 0.323 e. The zero-order valence-corrected chi connectivity index (χ0v) is 11.5. The Balaban J connectivity index is 1.61. The van der Waals surface area contributed by atoms with Crippen molar-refractivity contribution in [2.75, 3.05) is 0 Å². The third kappa shape index (κ3) is 3.11. The van der Waals surface area contributed by atoms with Crippen molar-refractivity contribution >= 4 is 5.97 Å². The Hall–Kier alpha value is -2.20. The van der Waals surface area contributed by atoms with Gasteiger partial charge >= 0.3 is 5.97 Å². The summed E-state index contributed by atoms with van der Waals surface area (Å²) in [7, 11) is 0.